The van der Waals surface area contributed by atoms with Crippen LogP contribution >= 0.6 is 0 Å². The second-order valence-corrected chi connectivity index (χ2v) is 7.58. The van der Waals surface area contributed by atoms with Crippen molar-refractivity contribution in [2.24, 2.45) is 11.3 Å². The Kier molecular flexibility index (Phi) is 9.06. The molecule has 0 spiro atoms. The SMILES string of the molecule is CC(C)CC(C)(C)C#Cc1cccc(CC#N)c1.COc1cc(F)ccc1O. The fourth-order valence-corrected chi connectivity index (χ4v) is 2.81. The molecule has 0 fully saturated rings. The van der Waals surface area contributed by atoms with Crippen molar-refractivity contribution in [1.29, 1.82) is 5.26 Å². The third kappa shape index (κ3) is 8.60. The summed E-state index contributed by atoms with van der Waals surface area (Å²) in [5.74, 6) is 6.90. The molecule has 0 saturated heterocycles. The van der Waals surface area contributed by atoms with Crippen molar-refractivity contribution in [2.75, 3.05) is 7.11 Å². The van der Waals surface area contributed by atoms with Gasteiger partial charge in [0.25, 0.3) is 0 Å². The Morgan fingerprint density at radius 2 is 1.89 bits per heavy atom. The van der Waals surface area contributed by atoms with Gasteiger partial charge in [0.2, 0.25) is 0 Å². The maximum atomic E-state index is 12.3. The topological polar surface area (TPSA) is 53.2 Å². The minimum atomic E-state index is -0.422. The Morgan fingerprint density at radius 1 is 1.18 bits per heavy atom. The Morgan fingerprint density at radius 3 is 2.46 bits per heavy atom. The lowest BCUT2D eigenvalue weighted by atomic mass is 9.84. The predicted molar refractivity (Wildman–Crippen MR) is 110 cm³/mol. The molecule has 0 radical (unpaired) electrons. The molecule has 0 saturated carbocycles. The smallest absolute Gasteiger partial charge is 0.163 e. The van der Waals surface area contributed by atoms with E-state index in [1.807, 2.05) is 24.3 Å². The summed E-state index contributed by atoms with van der Waals surface area (Å²) in [6, 6.07) is 13.6. The van der Waals surface area contributed by atoms with E-state index in [9.17, 15) is 4.39 Å². The van der Waals surface area contributed by atoms with Crippen LogP contribution in [0.1, 0.15) is 45.2 Å². The largest absolute Gasteiger partial charge is 0.504 e. The summed E-state index contributed by atoms with van der Waals surface area (Å²) in [6.07, 6.45) is 1.54. The van der Waals surface area contributed by atoms with Gasteiger partial charge < -0.3 is 9.84 Å². The van der Waals surface area contributed by atoms with Crippen LogP contribution in [0, 0.1) is 40.3 Å². The van der Waals surface area contributed by atoms with Gasteiger partial charge in [-0.3, -0.25) is 0 Å². The van der Waals surface area contributed by atoms with Crippen molar-refractivity contribution >= 4 is 0 Å². The normalized spacial score (nSPS) is 10.2. The van der Waals surface area contributed by atoms with Crippen LogP contribution < -0.4 is 4.74 Å². The van der Waals surface area contributed by atoms with Crippen molar-refractivity contribution in [2.45, 2.75) is 40.5 Å². The number of rotatable bonds is 4. The van der Waals surface area contributed by atoms with Crippen molar-refractivity contribution < 1.29 is 14.2 Å². The molecule has 0 bridgehead atoms. The van der Waals surface area contributed by atoms with E-state index in [4.69, 9.17) is 10.4 Å². The van der Waals surface area contributed by atoms with Gasteiger partial charge in [0, 0.05) is 17.0 Å². The molecular weight excluding hydrogens is 353 g/mol. The molecule has 0 aliphatic heterocycles. The van der Waals surface area contributed by atoms with Crippen molar-refractivity contribution in [1.82, 2.24) is 0 Å². The highest BCUT2D eigenvalue weighted by Gasteiger charge is 2.15. The Balaban J connectivity index is 0.000000330. The maximum Gasteiger partial charge on any atom is 0.163 e. The number of methoxy groups -OCH3 is 1. The minimum absolute atomic E-state index is 0.0411. The molecule has 0 aliphatic carbocycles. The van der Waals surface area contributed by atoms with Crippen molar-refractivity contribution in [3.8, 4) is 29.4 Å². The van der Waals surface area contributed by atoms with Gasteiger partial charge in [-0.1, -0.05) is 37.8 Å². The zero-order valence-corrected chi connectivity index (χ0v) is 17.2. The van der Waals surface area contributed by atoms with Crippen LogP contribution in [0.2, 0.25) is 0 Å². The van der Waals surface area contributed by atoms with E-state index in [-0.39, 0.29) is 16.9 Å². The fraction of sp³-hybridized carbons (Fsp3) is 0.375. The van der Waals surface area contributed by atoms with E-state index in [1.54, 1.807) is 0 Å². The number of benzene rings is 2. The van der Waals surface area contributed by atoms with Crippen molar-refractivity contribution in [3.05, 3.63) is 59.4 Å². The number of halogens is 1. The minimum Gasteiger partial charge on any atom is -0.504 e. The molecule has 2 aromatic rings. The molecular formula is C24H28FNO2. The standard InChI is InChI=1S/C17H21N.C7H7FO2/c1-14(2)13-17(3,4)10-8-15-6-5-7-16(12-15)9-11-18;1-10-7-4-5(8)2-3-6(7)9/h5-7,12,14H,9,13H2,1-4H3;2-4,9H,1H3. The second-order valence-electron chi connectivity index (χ2n) is 7.58. The van der Waals surface area contributed by atoms with Gasteiger partial charge in [-0.15, -0.1) is 0 Å². The van der Waals surface area contributed by atoms with Gasteiger partial charge in [-0.2, -0.15) is 5.26 Å². The van der Waals surface area contributed by atoms with Gasteiger partial charge in [0.15, 0.2) is 11.5 Å². The first-order valence-electron chi connectivity index (χ1n) is 9.18. The Hall–Kier alpha value is -2.98. The molecule has 4 heteroatoms. The van der Waals surface area contributed by atoms with Gasteiger partial charge in [-0.25, -0.2) is 4.39 Å². The lowest BCUT2D eigenvalue weighted by Gasteiger charge is -2.19. The number of hydrogen-bond acceptors (Lipinski definition) is 3. The molecule has 0 aromatic heterocycles. The summed E-state index contributed by atoms with van der Waals surface area (Å²) in [7, 11) is 1.37. The highest BCUT2D eigenvalue weighted by molar-refractivity contribution is 5.39. The zero-order chi connectivity index (χ0) is 21.2. The summed E-state index contributed by atoms with van der Waals surface area (Å²) >= 11 is 0. The number of nitriles is 1. The molecule has 0 unspecified atom stereocenters. The summed E-state index contributed by atoms with van der Waals surface area (Å²) in [6.45, 7) is 8.80. The first kappa shape index (κ1) is 23.1. The van der Waals surface area contributed by atoms with Gasteiger partial charge in [-0.05, 0) is 56.0 Å². The van der Waals surface area contributed by atoms with E-state index in [2.05, 4.69) is 50.3 Å². The van der Waals surface area contributed by atoms with Crippen LogP contribution in [0.4, 0.5) is 4.39 Å². The summed E-state index contributed by atoms with van der Waals surface area (Å²) in [5.41, 5.74) is 2.07. The summed E-state index contributed by atoms with van der Waals surface area (Å²) < 4.78 is 17.0. The molecule has 0 aliphatic rings. The first-order chi connectivity index (χ1) is 13.2. The third-order valence-electron chi connectivity index (χ3n) is 3.82. The van der Waals surface area contributed by atoms with Crippen LogP contribution in [0.3, 0.4) is 0 Å². The molecule has 3 nitrogen and oxygen atoms in total. The van der Waals surface area contributed by atoms with E-state index in [0.717, 1.165) is 29.7 Å². The second kappa shape index (κ2) is 11.0. The average Bonchev–Trinajstić information content (AvgIpc) is 2.62. The molecule has 148 valence electrons. The monoisotopic (exact) mass is 381 g/mol. The number of phenolic OH excluding ortho intramolecular Hbond substituents is 1. The predicted octanol–water partition coefficient (Wildman–Crippen LogP) is 5.72. The highest BCUT2D eigenvalue weighted by atomic mass is 19.1. The van der Waals surface area contributed by atoms with Gasteiger partial charge in [0.05, 0.1) is 19.6 Å². The lowest BCUT2D eigenvalue weighted by molar-refractivity contribution is 0.370. The summed E-state index contributed by atoms with van der Waals surface area (Å²) in [4.78, 5) is 0. The zero-order valence-electron chi connectivity index (χ0n) is 17.2. The molecule has 1 N–H and O–H groups in total. The number of ether oxygens (including phenoxy) is 1. The molecule has 0 amide bonds. The van der Waals surface area contributed by atoms with Crippen LogP contribution in [0.5, 0.6) is 11.5 Å². The molecule has 2 aromatic carbocycles. The number of aromatic hydroxyl groups is 1. The third-order valence-corrected chi connectivity index (χ3v) is 3.82. The van der Waals surface area contributed by atoms with E-state index >= 15 is 0 Å². The lowest BCUT2D eigenvalue weighted by Crippen LogP contribution is -2.11. The molecule has 0 heterocycles. The van der Waals surface area contributed by atoms with E-state index in [1.165, 1.54) is 13.2 Å². The van der Waals surface area contributed by atoms with Crippen molar-refractivity contribution in [3.63, 3.8) is 0 Å². The number of nitrogens with zero attached hydrogens (tertiary/aromatic N) is 1. The molecule has 28 heavy (non-hydrogen) atoms. The Labute approximate surface area is 167 Å². The van der Waals surface area contributed by atoms with E-state index < -0.39 is 5.82 Å². The molecule has 0 atom stereocenters. The molecule has 2 rings (SSSR count). The van der Waals surface area contributed by atoms with Gasteiger partial charge >= 0.3 is 0 Å². The maximum absolute atomic E-state index is 12.3. The summed E-state index contributed by atoms with van der Waals surface area (Å²) in [5, 5.41) is 17.6. The van der Waals surface area contributed by atoms with Crippen LogP contribution in [0.15, 0.2) is 42.5 Å². The fourth-order valence-electron chi connectivity index (χ4n) is 2.81. The quantitative estimate of drug-likeness (QED) is 0.690. The number of hydrogen-bond donors (Lipinski definition) is 1. The highest BCUT2D eigenvalue weighted by Crippen LogP contribution is 2.25. The van der Waals surface area contributed by atoms with Crippen LogP contribution in [-0.4, -0.2) is 12.2 Å². The Bertz CT molecular complexity index is 870. The van der Waals surface area contributed by atoms with Gasteiger partial charge in [0.1, 0.15) is 5.82 Å². The first-order valence-corrected chi connectivity index (χ1v) is 9.18. The van der Waals surface area contributed by atoms with Crippen LogP contribution in [0.25, 0.3) is 0 Å². The average molecular weight is 381 g/mol. The van der Waals surface area contributed by atoms with Crippen LogP contribution in [-0.2, 0) is 6.42 Å². The number of phenols is 1. The van der Waals surface area contributed by atoms with E-state index in [0.29, 0.717) is 12.3 Å².